The summed E-state index contributed by atoms with van der Waals surface area (Å²) in [4.78, 5) is 16.1. The van der Waals surface area contributed by atoms with E-state index >= 15 is 0 Å². The minimum Gasteiger partial charge on any atom is -0.468 e. The van der Waals surface area contributed by atoms with Crippen LogP contribution < -0.4 is 0 Å². The van der Waals surface area contributed by atoms with Crippen LogP contribution in [-0.4, -0.2) is 36.3 Å². The Morgan fingerprint density at radius 2 is 1.80 bits per heavy atom. The van der Waals surface area contributed by atoms with Gasteiger partial charge in [0.15, 0.2) is 0 Å². The molecular weight excluding hydrogens is 330 g/mol. The largest absolute Gasteiger partial charge is 0.468 e. The highest BCUT2D eigenvalue weighted by molar-refractivity contribution is 7.99. The third kappa shape index (κ3) is 4.25. The third-order valence-electron chi connectivity index (χ3n) is 4.99. The average Bonchev–Trinajstić information content (AvgIpc) is 3.10. The molecule has 0 spiro atoms. The van der Waals surface area contributed by atoms with Gasteiger partial charge in [-0.1, -0.05) is 48.5 Å². The van der Waals surface area contributed by atoms with Crippen molar-refractivity contribution >= 4 is 17.7 Å². The molecule has 25 heavy (non-hydrogen) atoms. The molecule has 0 unspecified atom stereocenters. The van der Waals surface area contributed by atoms with Crippen LogP contribution in [0.25, 0.3) is 0 Å². The van der Waals surface area contributed by atoms with Gasteiger partial charge in [0.05, 0.1) is 7.11 Å². The van der Waals surface area contributed by atoms with E-state index in [2.05, 4.69) is 60.4 Å². The van der Waals surface area contributed by atoms with Crippen LogP contribution in [0.3, 0.4) is 0 Å². The Bertz CT molecular complexity index is 677. The topological polar surface area (TPSA) is 29.5 Å². The zero-order valence-corrected chi connectivity index (χ0v) is 15.6. The first-order valence-electron chi connectivity index (χ1n) is 8.77. The standard InChI is InChI=1S/C21H25NO2S/c1-16(17-9-5-3-6-10-17)22-14-13-18(20(22)21(23)24-2)15-25-19-11-7-4-8-12-19/h3-12,16,18,20H,13-15H2,1-2H3/t16-,18-,20-/m0/s1. The number of nitrogens with zero attached hydrogens (tertiary/aromatic N) is 1. The zero-order valence-electron chi connectivity index (χ0n) is 14.8. The highest BCUT2D eigenvalue weighted by atomic mass is 32.2. The number of esters is 1. The summed E-state index contributed by atoms with van der Waals surface area (Å²) in [5.41, 5.74) is 1.24. The maximum atomic E-state index is 12.5. The lowest BCUT2D eigenvalue weighted by molar-refractivity contribution is -0.147. The number of ether oxygens (including phenoxy) is 1. The van der Waals surface area contributed by atoms with Gasteiger partial charge in [0.2, 0.25) is 0 Å². The predicted octanol–water partition coefficient (Wildman–Crippen LogP) is 4.40. The number of rotatable bonds is 6. The highest BCUT2D eigenvalue weighted by Crippen LogP contribution is 2.36. The molecule has 0 saturated carbocycles. The molecule has 4 heteroatoms. The van der Waals surface area contributed by atoms with E-state index in [1.54, 1.807) is 0 Å². The van der Waals surface area contributed by atoms with Gasteiger partial charge in [0.1, 0.15) is 6.04 Å². The fourth-order valence-corrected chi connectivity index (χ4v) is 4.69. The summed E-state index contributed by atoms with van der Waals surface area (Å²) in [6.07, 6.45) is 1.02. The lowest BCUT2D eigenvalue weighted by Crippen LogP contribution is -2.42. The SMILES string of the molecule is COC(=O)[C@@H]1[C@H](CSc2ccccc2)CCN1[C@@H](C)c1ccccc1. The van der Waals surface area contributed by atoms with Crippen LogP contribution in [-0.2, 0) is 9.53 Å². The van der Waals surface area contributed by atoms with Gasteiger partial charge >= 0.3 is 5.97 Å². The summed E-state index contributed by atoms with van der Waals surface area (Å²) < 4.78 is 5.14. The van der Waals surface area contributed by atoms with Gasteiger partial charge in [-0.3, -0.25) is 9.69 Å². The number of hydrogen-bond acceptors (Lipinski definition) is 4. The first-order valence-corrected chi connectivity index (χ1v) is 9.75. The average molecular weight is 356 g/mol. The Morgan fingerprint density at radius 1 is 1.16 bits per heavy atom. The van der Waals surface area contributed by atoms with Crippen molar-refractivity contribution in [1.29, 1.82) is 0 Å². The van der Waals surface area contributed by atoms with Crippen molar-refractivity contribution in [2.24, 2.45) is 5.92 Å². The highest BCUT2D eigenvalue weighted by Gasteiger charge is 2.42. The first-order chi connectivity index (χ1) is 12.2. The van der Waals surface area contributed by atoms with Crippen LogP contribution >= 0.6 is 11.8 Å². The molecule has 0 bridgehead atoms. The maximum absolute atomic E-state index is 12.5. The molecule has 3 rings (SSSR count). The molecule has 132 valence electrons. The van der Waals surface area contributed by atoms with E-state index in [1.165, 1.54) is 17.6 Å². The molecule has 0 N–H and O–H groups in total. The summed E-state index contributed by atoms with van der Waals surface area (Å²) >= 11 is 1.82. The predicted molar refractivity (Wildman–Crippen MR) is 103 cm³/mol. The van der Waals surface area contributed by atoms with Gasteiger partial charge in [-0.05, 0) is 43.5 Å². The molecule has 3 nitrogen and oxygen atoms in total. The molecule has 1 heterocycles. The van der Waals surface area contributed by atoms with E-state index < -0.39 is 0 Å². The maximum Gasteiger partial charge on any atom is 0.323 e. The number of benzene rings is 2. The van der Waals surface area contributed by atoms with Crippen molar-refractivity contribution in [2.75, 3.05) is 19.4 Å². The molecule has 1 fully saturated rings. The summed E-state index contributed by atoms with van der Waals surface area (Å²) in [5, 5.41) is 0. The van der Waals surface area contributed by atoms with E-state index in [-0.39, 0.29) is 18.1 Å². The van der Waals surface area contributed by atoms with Gasteiger partial charge < -0.3 is 4.74 Å². The number of hydrogen-bond donors (Lipinski definition) is 0. The minimum atomic E-state index is -0.170. The quantitative estimate of drug-likeness (QED) is 0.567. The number of methoxy groups -OCH3 is 1. The molecule has 2 aromatic carbocycles. The first kappa shape index (κ1) is 18.0. The second-order valence-electron chi connectivity index (χ2n) is 6.47. The van der Waals surface area contributed by atoms with E-state index in [1.807, 2.05) is 23.9 Å². The van der Waals surface area contributed by atoms with E-state index in [9.17, 15) is 4.79 Å². The van der Waals surface area contributed by atoms with Crippen molar-refractivity contribution in [1.82, 2.24) is 4.90 Å². The van der Waals surface area contributed by atoms with Crippen molar-refractivity contribution < 1.29 is 9.53 Å². The summed E-state index contributed by atoms with van der Waals surface area (Å²) in [5.74, 6) is 1.13. The van der Waals surface area contributed by atoms with Crippen LogP contribution in [0.4, 0.5) is 0 Å². The van der Waals surface area contributed by atoms with Crippen LogP contribution in [0.15, 0.2) is 65.6 Å². The number of likely N-dealkylation sites (tertiary alicyclic amines) is 1. The molecular formula is C21H25NO2S. The summed E-state index contributed by atoms with van der Waals surface area (Å²) in [6.45, 7) is 3.10. The minimum absolute atomic E-state index is 0.112. The fraction of sp³-hybridized carbons (Fsp3) is 0.381. The van der Waals surface area contributed by atoms with E-state index in [0.29, 0.717) is 5.92 Å². The Morgan fingerprint density at radius 3 is 2.44 bits per heavy atom. The molecule has 3 atom stereocenters. The molecule has 0 radical (unpaired) electrons. The van der Waals surface area contributed by atoms with Crippen LogP contribution in [0, 0.1) is 5.92 Å². The van der Waals surface area contributed by atoms with Gasteiger partial charge in [-0.25, -0.2) is 0 Å². The third-order valence-corrected chi connectivity index (χ3v) is 6.19. The molecule has 1 aliphatic rings. The van der Waals surface area contributed by atoms with Gasteiger partial charge in [0.25, 0.3) is 0 Å². The zero-order chi connectivity index (χ0) is 17.6. The van der Waals surface area contributed by atoms with Crippen LogP contribution in [0.1, 0.15) is 24.9 Å². The van der Waals surface area contributed by atoms with Crippen LogP contribution in [0.5, 0.6) is 0 Å². The van der Waals surface area contributed by atoms with Crippen molar-refractivity contribution in [3.8, 4) is 0 Å². The van der Waals surface area contributed by atoms with Crippen molar-refractivity contribution in [2.45, 2.75) is 30.3 Å². The van der Waals surface area contributed by atoms with Gasteiger partial charge in [0, 0.05) is 16.7 Å². The second-order valence-corrected chi connectivity index (χ2v) is 7.56. The number of carbonyl (C=O) groups is 1. The molecule has 1 saturated heterocycles. The smallest absolute Gasteiger partial charge is 0.323 e. The Balaban J connectivity index is 1.73. The Kier molecular flexibility index (Phi) is 6.16. The molecule has 0 aliphatic carbocycles. The van der Waals surface area contributed by atoms with Gasteiger partial charge in [-0.2, -0.15) is 0 Å². The molecule has 0 aromatic heterocycles. The lowest BCUT2D eigenvalue weighted by atomic mass is 10.0. The normalized spacial score (nSPS) is 21.8. The fourth-order valence-electron chi connectivity index (χ4n) is 3.58. The summed E-state index contributed by atoms with van der Waals surface area (Å²) in [6, 6.07) is 20.8. The van der Waals surface area contributed by atoms with E-state index in [0.717, 1.165) is 18.7 Å². The number of thioether (sulfide) groups is 1. The molecule has 0 amide bonds. The summed E-state index contributed by atoms with van der Waals surface area (Å²) in [7, 11) is 1.49. The monoisotopic (exact) mass is 355 g/mol. The van der Waals surface area contributed by atoms with Gasteiger partial charge in [-0.15, -0.1) is 11.8 Å². The number of carbonyl (C=O) groups excluding carboxylic acids is 1. The van der Waals surface area contributed by atoms with Crippen LogP contribution in [0.2, 0.25) is 0 Å². The molecule has 1 aliphatic heterocycles. The Labute approximate surface area is 154 Å². The van der Waals surface area contributed by atoms with E-state index in [4.69, 9.17) is 4.74 Å². The second kappa shape index (κ2) is 8.54. The van der Waals surface area contributed by atoms with Crippen molar-refractivity contribution in [3.05, 3.63) is 66.2 Å². The lowest BCUT2D eigenvalue weighted by Gasteiger charge is -2.31. The molecule has 2 aromatic rings. The Hall–Kier alpha value is -1.78. The van der Waals surface area contributed by atoms with Crippen molar-refractivity contribution in [3.63, 3.8) is 0 Å².